The number of ether oxygens (including phenoxy) is 3. The molecule has 0 saturated carbocycles. The quantitative estimate of drug-likeness (QED) is 0.207. The highest BCUT2D eigenvalue weighted by molar-refractivity contribution is 5.97. The molecule has 14 heteroatoms. The maximum atomic E-state index is 13.3. The molecule has 1 fully saturated rings. The Balaban J connectivity index is 1.58. The Kier molecular flexibility index (Phi) is 10.7. The molecular formula is C32H32F6N2O6. The van der Waals surface area contributed by atoms with Crippen molar-refractivity contribution in [3.05, 3.63) is 83.2 Å². The van der Waals surface area contributed by atoms with Crippen molar-refractivity contribution in [3.8, 4) is 17.2 Å². The number of alkyl halides is 6. The zero-order chi connectivity index (χ0) is 33.6. The first-order chi connectivity index (χ1) is 21.6. The Bertz CT molecular complexity index is 1490. The smallest absolute Gasteiger partial charge is 0.503 e. The van der Waals surface area contributed by atoms with Crippen LogP contribution >= 0.6 is 0 Å². The number of rotatable bonds is 8. The third kappa shape index (κ3) is 9.04. The minimum atomic E-state index is -4.86. The van der Waals surface area contributed by atoms with Gasteiger partial charge in [-0.1, -0.05) is 30.7 Å². The van der Waals surface area contributed by atoms with E-state index in [9.17, 15) is 41.0 Å². The van der Waals surface area contributed by atoms with E-state index in [1.807, 2.05) is 0 Å². The highest BCUT2D eigenvalue weighted by Gasteiger charge is 2.36. The van der Waals surface area contributed by atoms with E-state index in [2.05, 4.69) is 15.0 Å². The lowest BCUT2D eigenvalue weighted by atomic mass is 9.77. The van der Waals surface area contributed by atoms with Crippen molar-refractivity contribution in [2.45, 2.75) is 63.7 Å². The molecule has 1 aliphatic heterocycles. The van der Waals surface area contributed by atoms with E-state index in [0.717, 1.165) is 12.1 Å². The monoisotopic (exact) mass is 654 g/mol. The number of cyclic esters (lactones) is 1. The van der Waals surface area contributed by atoms with Gasteiger partial charge < -0.3 is 24.6 Å². The van der Waals surface area contributed by atoms with Crippen LogP contribution < -0.4 is 14.8 Å². The van der Waals surface area contributed by atoms with Crippen LogP contribution in [0, 0.1) is 11.8 Å². The maximum Gasteiger partial charge on any atom is 0.573 e. The van der Waals surface area contributed by atoms with Gasteiger partial charge in [0.2, 0.25) is 0 Å². The minimum Gasteiger partial charge on any atom is -0.503 e. The van der Waals surface area contributed by atoms with Gasteiger partial charge in [-0.25, -0.2) is 9.78 Å². The molecule has 1 aromatic heterocycles. The van der Waals surface area contributed by atoms with Gasteiger partial charge in [0.1, 0.15) is 17.9 Å². The van der Waals surface area contributed by atoms with Crippen molar-refractivity contribution in [3.63, 3.8) is 0 Å². The molecule has 0 radical (unpaired) electrons. The van der Waals surface area contributed by atoms with Gasteiger partial charge >= 0.3 is 18.5 Å². The fraction of sp³-hybridized carbons (Fsp3) is 0.406. The van der Waals surface area contributed by atoms with Crippen LogP contribution in [-0.2, 0) is 28.5 Å². The molecule has 1 saturated heterocycles. The number of aromatic hydroxyl groups is 1. The van der Waals surface area contributed by atoms with Crippen LogP contribution in [0.5, 0.6) is 17.2 Å². The number of nitrogens with one attached hydrogen (secondary N) is 1. The fourth-order valence-electron chi connectivity index (χ4n) is 5.59. The lowest BCUT2D eigenvalue weighted by molar-refractivity contribution is -0.274. The normalized spacial score (nSPS) is 20.9. The number of pyridine rings is 1. The SMILES string of the molecule is COc1ccnc(C(=O)NC2CCCC(Cc3ccc(C(F)(F)F)cc3)C(Cc3ccc(OC(F)(F)F)cc3)C(C)OC2=O)c1O. The number of methoxy groups -OCH3 is 1. The van der Waals surface area contributed by atoms with Crippen LogP contribution in [0.4, 0.5) is 26.3 Å². The second-order valence-electron chi connectivity index (χ2n) is 11.0. The number of nitrogens with zero attached hydrogens (tertiary/aromatic N) is 1. The van der Waals surface area contributed by atoms with Crippen LogP contribution in [0.15, 0.2) is 60.8 Å². The topological polar surface area (TPSA) is 107 Å². The maximum absolute atomic E-state index is 13.3. The lowest BCUT2D eigenvalue weighted by Crippen LogP contribution is -2.43. The van der Waals surface area contributed by atoms with Gasteiger partial charge in [-0.2, -0.15) is 13.2 Å². The van der Waals surface area contributed by atoms with Crippen molar-refractivity contribution in [1.29, 1.82) is 0 Å². The number of benzene rings is 2. The van der Waals surface area contributed by atoms with Crippen molar-refractivity contribution in [2.75, 3.05) is 7.11 Å². The number of hydrogen-bond donors (Lipinski definition) is 2. The van der Waals surface area contributed by atoms with E-state index in [1.54, 1.807) is 6.92 Å². The number of carbonyl (C=O) groups excluding carboxylic acids is 2. The third-order valence-electron chi connectivity index (χ3n) is 7.90. The average Bonchev–Trinajstić information content (AvgIpc) is 3.02. The van der Waals surface area contributed by atoms with E-state index >= 15 is 0 Å². The summed E-state index contributed by atoms with van der Waals surface area (Å²) < 4.78 is 92.2. The summed E-state index contributed by atoms with van der Waals surface area (Å²) >= 11 is 0. The molecule has 0 bridgehead atoms. The average molecular weight is 655 g/mol. The Morgan fingerprint density at radius 1 is 0.978 bits per heavy atom. The fourth-order valence-corrected chi connectivity index (χ4v) is 5.59. The first-order valence-corrected chi connectivity index (χ1v) is 14.4. The molecule has 4 rings (SSSR count). The molecule has 1 aliphatic rings. The Morgan fingerprint density at radius 2 is 1.61 bits per heavy atom. The molecule has 248 valence electrons. The Hall–Kier alpha value is -4.49. The van der Waals surface area contributed by atoms with E-state index in [-0.39, 0.29) is 30.2 Å². The van der Waals surface area contributed by atoms with Crippen LogP contribution in [0.25, 0.3) is 0 Å². The standard InChI is InChI=1S/C32H32F6N2O6/c1-18-24(17-20-8-12-23(13-9-20)46-32(36,37)38)21(16-19-6-10-22(11-7-19)31(33,34)35)4-3-5-25(30(43)45-18)40-29(42)27-28(41)26(44-2)14-15-39-27/h6-15,18,21,24-25,41H,3-5,16-17H2,1-2H3,(H,40,42). The van der Waals surface area contributed by atoms with Crippen molar-refractivity contribution < 1.29 is 55.2 Å². The largest absolute Gasteiger partial charge is 0.573 e. The van der Waals surface area contributed by atoms with Crippen molar-refractivity contribution in [2.24, 2.45) is 11.8 Å². The molecule has 4 unspecified atom stereocenters. The zero-order valence-electron chi connectivity index (χ0n) is 24.8. The number of hydrogen-bond acceptors (Lipinski definition) is 7. The Morgan fingerprint density at radius 3 is 2.22 bits per heavy atom. The van der Waals surface area contributed by atoms with E-state index < -0.39 is 59.5 Å². The molecule has 2 aromatic carbocycles. The van der Waals surface area contributed by atoms with Gasteiger partial charge in [0.25, 0.3) is 5.91 Å². The van der Waals surface area contributed by atoms with Gasteiger partial charge in [-0.3, -0.25) is 4.79 Å². The summed E-state index contributed by atoms with van der Waals surface area (Å²) in [5.41, 5.74) is 0.111. The molecule has 0 spiro atoms. The molecule has 4 atom stereocenters. The molecule has 8 nitrogen and oxygen atoms in total. The molecule has 0 aliphatic carbocycles. The number of esters is 1. The highest BCUT2D eigenvalue weighted by atomic mass is 19.4. The van der Waals surface area contributed by atoms with E-state index in [4.69, 9.17) is 9.47 Å². The summed E-state index contributed by atoms with van der Waals surface area (Å²) in [5.74, 6) is -3.10. The van der Waals surface area contributed by atoms with Crippen molar-refractivity contribution >= 4 is 11.9 Å². The summed E-state index contributed by atoms with van der Waals surface area (Å²) in [5, 5.41) is 12.9. The summed E-state index contributed by atoms with van der Waals surface area (Å²) in [4.78, 5) is 30.2. The number of carbonyl (C=O) groups is 2. The summed E-state index contributed by atoms with van der Waals surface area (Å²) in [6, 6.07) is 10.3. The van der Waals surface area contributed by atoms with Gasteiger partial charge in [0, 0.05) is 18.2 Å². The molecule has 1 amide bonds. The van der Waals surface area contributed by atoms with Gasteiger partial charge in [-0.05, 0) is 73.9 Å². The van der Waals surface area contributed by atoms with Gasteiger partial charge in [-0.15, -0.1) is 13.2 Å². The predicted molar refractivity (Wildman–Crippen MR) is 152 cm³/mol. The van der Waals surface area contributed by atoms with Gasteiger partial charge in [0.15, 0.2) is 17.2 Å². The predicted octanol–water partition coefficient (Wildman–Crippen LogP) is 6.65. The number of aromatic nitrogens is 1. The second kappa shape index (κ2) is 14.3. The Labute approximate surface area is 260 Å². The van der Waals surface area contributed by atoms with E-state index in [1.165, 1.54) is 55.8 Å². The van der Waals surface area contributed by atoms with Crippen LogP contribution in [-0.4, -0.2) is 47.6 Å². The molecular weight excluding hydrogens is 622 g/mol. The first-order valence-electron chi connectivity index (χ1n) is 14.4. The van der Waals surface area contributed by atoms with Crippen molar-refractivity contribution in [1.82, 2.24) is 10.3 Å². The zero-order valence-corrected chi connectivity index (χ0v) is 24.8. The second-order valence-corrected chi connectivity index (χ2v) is 11.0. The molecule has 46 heavy (non-hydrogen) atoms. The highest BCUT2D eigenvalue weighted by Crippen LogP contribution is 2.35. The van der Waals surface area contributed by atoms with E-state index in [0.29, 0.717) is 30.4 Å². The number of halogens is 6. The molecule has 2 heterocycles. The third-order valence-corrected chi connectivity index (χ3v) is 7.90. The molecule has 2 N–H and O–H groups in total. The minimum absolute atomic E-state index is 0.0118. The first kappa shape index (κ1) is 34.4. The molecule has 3 aromatic rings. The van der Waals surface area contributed by atoms with Crippen LogP contribution in [0.1, 0.15) is 53.4 Å². The van der Waals surface area contributed by atoms with Crippen LogP contribution in [0.3, 0.4) is 0 Å². The van der Waals surface area contributed by atoms with Crippen LogP contribution in [0.2, 0.25) is 0 Å². The summed E-state index contributed by atoms with van der Waals surface area (Å²) in [7, 11) is 1.30. The number of amides is 1. The summed E-state index contributed by atoms with van der Waals surface area (Å²) in [6.45, 7) is 1.66. The summed E-state index contributed by atoms with van der Waals surface area (Å²) in [6.07, 6.45) is -7.22. The van der Waals surface area contributed by atoms with Gasteiger partial charge in [0.05, 0.1) is 12.7 Å². The lowest BCUT2D eigenvalue weighted by Gasteiger charge is -2.31.